The maximum atomic E-state index is 13.5. The molecule has 1 fully saturated rings. The molecule has 1 aliphatic rings. The summed E-state index contributed by atoms with van der Waals surface area (Å²) in [6.45, 7) is -0.0681. The molecule has 14 heteroatoms. The third-order valence-corrected chi connectivity index (χ3v) is 10.5. The number of hydrogen-bond acceptors (Lipinski definition) is 5. The Morgan fingerprint density at radius 2 is 1.46 bits per heavy atom. The molecule has 8 nitrogen and oxygen atoms in total. The van der Waals surface area contributed by atoms with Crippen LogP contribution in [-0.4, -0.2) is 46.7 Å². The molecule has 1 amide bonds. The Hall–Kier alpha value is -3.13. The van der Waals surface area contributed by atoms with Crippen molar-refractivity contribution in [2.45, 2.75) is 41.7 Å². The van der Waals surface area contributed by atoms with Gasteiger partial charge in [0.15, 0.2) is 0 Å². The second kappa shape index (κ2) is 12.4. The Morgan fingerprint density at radius 3 is 2.05 bits per heavy atom. The number of carbonyl (C=O) groups excluding carboxylic acids is 1. The Labute approximate surface area is 241 Å². The number of rotatable bonds is 8. The van der Waals surface area contributed by atoms with E-state index in [0.29, 0.717) is 29.5 Å². The molecule has 3 aromatic rings. The Morgan fingerprint density at radius 1 is 0.854 bits per heavy atom. The van der Waals surface area contributed by atoms with Crippen LogP contribution >= 0.6 is 11.6 Å². The predicted octanol–water partition coefficient (Wildman–Crippen LogP) is 5.76. The summed E-state index contributed by atoms with van der Waals surface area (Å²) < 4.78 is 95.3. The number of nitrogens with one attached hydrogen (secondary N) is 1. The number of benzene rings is 3. The Balaban J connectivity index is 1.60. The van der Waals surface area contributed by atoms with Gasteiger partial charge in [-0.25, -0.2) is 16.8 Å². The molecule has 0 aliphatic carbocycles. The van der Waals surface area contributed by atoms with E-state index in [1.54, 1.807) is 6.07 Å². The zero-order chi connectivity index (χ0) is 29.8. The van der Waals surface area contributed by atoms with E-state index in [-0.39, 0.29) is 20.5 Å². The fourth-order valence-corrected chi connectivity index (χ4v) is 7.61. The minimum absolute atomic E-state index is 0.0430. The maximum Gasteiger partial charge on any atom is 0.416 e. The highest BCUT2D eigenvalue weighted by molar-refractivity contribution is 7.93. The topological polar surface area (TPSA) is 104 Å². The molecule has 0 atom stereocenters. The molecule has 4 rings (SSSR count). The van der Waals surface area contributed by atoms with Gasteiger partial charge in [0.05, 0.1) is 26.1 Å². The van der Waals surface area contributed by atoms with Gasteiger partial charge in [-0.2, -0.15) is 17.5 Å². The number of amides is 1. The van der Waals surface area contributed by atoms with Crippen LogP contribution in [0.1, 0.15) is 31.2 Å². The molecule has 1 aliphatic heterocycles. The Kier molecular flexibility index (Phi) is 9.32. The molecule has 0 bridgehead atoms. The van der Waals surface area contributed by atoms with Crippen molar-refractivity contribution in [2.24, 2.45) is 0 Å². The monoisotopic (exact) mass is 629 g/mol. The molecule has 0 saturated carbocycles. The highest BCUT2D eigenvalue weighted by atomic mass is 35.5. The molecule has 1 heterocycles. The van der Waals surface area contributed by atoms with Crippen LogP contribution in [0.15, 0.2) is 82.6 Å². The first kappa shape index (κ1) is 30.8. The number of sulfonamides is 2. The van der Waals surface area contributed by atoms with Crippen molar-refractivity contribution in [3.63, 3.8) is 0 Å². The molecule has 0 spiro atoms. The molecule has 0 radical (unpaired) electrons. The summed E-state index contributed by atoms with van der Waals surface area (Å²) in [4.78, 5) is 12.8. The lowest BCUT2D eigenvalue weighted by atomic mass is 10.2. The average Bonchev–Trinajstić information content (AvgIpc) is 3.23. The van der Waals surface area contributed by atoms with E-state index in [4.69, 9.17) is 11.6 Å². The van der Waals surface area contributed by atoms with Gasteiger partial charge in [-0.3, -0.25) is 9.10 Å². The zero-order valence-corrected chi connectivity index (χ0v) is 24.0. The highest BCUT2D eigenvalue weighted by Crippen LogP contribution is 2.37. The van der Waals surface area contributed by atoms with E-state index in [1.165, 1.54) is 52.8 Å². The minimum atomic E-state index is -4.79. The maximum absolute atomic E-state index is 13.5. The van der Waals surface area contributed by atoms with Crippen molar-refractivity contribution < 1.29 is 34.8 Å². The lowest BCUT2D eigenvalue weighted by Crippen LogP contribution is -2.38. The Bertz CT molecular complexity index is 1590. The number of nitrogens with zero attached hydrogens (tertiary/aromatic N) is 2. The van der Waals surface area contributed by atoms with Gasteiger partial charge < -0.3 is 5.32 Å². The smallest absolute Gasteiger partial charge is 0.325 e. The number of halogens is 4. The van der Waals surface area contributed by atoms with Gasteiger partial charge in [0.25, 0.3) is 10.0 Å². The third kappa shape index (κ3) is 7.21. The summed E-state index contributed by atoms with van der Waals surface area (Å²) >= 11 is 6.15. The molecular formula is C27H27ClF3N3O5S2. The molecule has 0 unspecified atom stereocenters. The molecular weight excluding hydrogens is 603 g/mol. The zero-order valence-electron chi connectivity index (χ0n) is 21.6. The van der Waals surface area contributed by atoms with Crippen LogP contribution in [0.25, 0.3) is 0 Å². The van der Waals surface area contributed by atoms with Gasteiger partial charge >= 0.3 is 6.18 Å². The van der Waals surface area contributed by atoms with Crippen molar-refractivity contribution >= 4 is 48.9 Å². The summed E-state index contributed by atoms with van der Waals surface area (Å²) in [5, 5.41) is 2.17. The molecule has 1 N–H and O–H groups in total. The quantitative estimate of drug-likeness (QED) is 0.341. The average molecular weight is 630 g/mol. The van der Waals surface area contributed by atoms with Crippen molar-refractivity contribution in [2.75, 3.05) is 29.3 Å². The summed E-state index contributed by atoms with van der Waals surface area (Å²) in [7, 11) is -8.26. The second-order valence-corrected chi connectivity index (χ2v) is 13.6. The molecule has 220 valence electrons. The van der Waals surface area contributed by atoms with Gasteiger partial charge in [0, 0.05) is 18.8 Å². The second-order valence-electron chi connectivity index (χ2n) is 9.38. The van der Waals surface area contributed by atoms with Crippen LogP contribution in [0, 0.1) is 0 Å². The van der Waals surface area contributed by atoms with E-state index < -0.39 is 49.9 Å². The van der Waals surface area contributed by atoms with E-state index >= 15 is 0 Å². The van der Waals surface area contributed by atoms with Crippen molar-refractivity contribution in [3.8, 4) is 0 Å². The van der Waals surface area contributed by atoms with Gasteiger partial charge in [0.2, 0.25) is 15.9 Å². The van der Waals surface area contributed by atoms with E-state index in [2.05, 4.69) is 5.32 Å². The van der Waals surface area contributed by atoms with Crippen molar-refractivity contribution in [3.05, 3.63) is 83.4 Å². The normalized spacial score (nSPS) is 15.2. The van der Waals surface area contributed by atoms with Gasteiger partial charge in [-0.1, -0.05) is 42.6 Å². The number of alkyl halides is 3. The van der Waals surface area contributed by atoms with Crippen LogP contribution in [0.3, 0.4) is 0 Å². The number of hydrogen-bond donors (Lipinski definition) is 1. The summed E-state index contributed by atoms with van der Waals surface area (Å²) in [5.74, 6) is -0.888. The SMILES string of the molecule is O=C(CN(c1cc(C(F)(F)F)ccc1Cl)S(=O)(=O)c1ccccc1)Nc1ccc(S(=O)(=O)N2CCCCCC2)cc1. The summed E-state index contributed by atoms with van der Waals surface area (Å²) in [6, 6.07) is 14.5. The fourth-order valence-electron chi connectivity index (χ4n) is 4.37. The molecule has 41 heavy (non-hydrogen) atoms. The van der Waals surface area contributed by atoms with E-state index in [0.717, 1.165) is 31.7 Å². The molecule has 0 aromatic heterocycles. The van der Waals surface area contributed by atoms with Crippen LogP contribution in [0.2, 0.25) is 5.02 Å². The van der Waals surface area contributed by atoms with Gasteiger partial charge in [0.1, 0.15) is 6.54 Å². The highest BCUT2D eigenvalue weighted by Gasteiger charge is 2.34. The number of anilines is 2. The van der Waals surface area contributed by atoms with E-state index in [1.807, 2.05) is 0 Å². The van der Waals surface area contributed by atoms with Gasteiger partial charge in [-0.05, 0) is 67.4 Å². The standard InChI is InChI=1S/C27H27ClF3N3O5S2/c28-24-15-10-20(27(29,30)31)18-25(24)34(41(38,39)22-8-4-3-5-9-22)19-26(35)32-21-11-13-23(14-12-21)40(36,37)33-16-6-1-2-7-17-33/h3-5,8-15,18H,1-2,6-7,16-17,19H2,(H,32,35). The third-order valence-electron chi connectivity index (χ3n) is 6.50. The summed E-state index contributed by atoms with van der Waals surface area (Å²) in [5.41, 5.74) is -1.51. The largest absolute Gasteiger partial charge is 0.416 e. The van der Waals surface area contributed by atoms with Crippen LogP contribution in [-0.2, 0) is 31.0 Å². The molecule has 1 saturated heterocycles. The predicted molar refractivity (Wildman–Crippen MR) is 150 cm³/mol. The fraction of sp³-hybridized carbons (Fsp3) is 0.296. The lowest BCUT2D eigenvalue weighted by Gasteiger charge is -2.26. The van der Waals surface area contributed by atoms with E-state index in [9.17, 15) is 34.8 Å². The van der Waals surface area contributed by atoms with Crippen LogP contribution in [0.4, 0.5) is 24.5 Å². The van der Waals surface area contributed by atoms with Crippen LogP contribution in [0.5, 0.6) is 0 Å². The first-order valence-electron chi connectivity index (χ1n) is 12.6. The first-order valence-corrected chi connectivity index (χ1v) is 15.9. The van der Waals surface area contributed by atoms with Crippen LogP contribution < -0.4 is 9.62 Å². The minimum Gasteiger partial charge on any atom is -0.325 e. The lowest BCUT2D eigenvalue weighted by molar-refractivity contribution is -0.137. The van der Waals surface area contributed by atoms with Gasteiger partial charge in [-0.15, -0.1) is 0 Å². The van der Waals surface area contributed by atoms with Crippen molar-refractivity contribution in [1.29, 1.82) is 0 Å². The molecule has 3 aromatic carbocycles. The number of carbonyl (C=O) groups is 1. The summed E-state index contributed by atoms with van der Waals surface area (Å²) in [6.07, 6.45) is -1.34. The first-order chi connectivity index (χ1) is 19.3. The van der Waals surface area contributed by atoms with Crippen molar-refractivity contribution in [1.82, 2.24) is 4.31 Å².